The highest BCUT2D eigenvalue weighted by Crippen LogP contribution is 2.83. The van der Waals surface area contributed by atoms with E-state index in [-0.39, 0.29) is 23.2 Å². The van der Waals surface area contributed by atoms with Crippen molar-refractivity contribution in [2.75, 3.05) is 13.2 Å². The molecular formula is C20H28O7. The standard InChI is InChI=1S/C20H28O7/c1-8-7-25-11-9(8)20-15(23)26-14-10(21)12(17(2,3)4)18(19(14,20)13(11)22)5-6-24-16(18)27-20/h8-14,16,21-22H,5-7H2,1-4H3/t8-,9+,10-,11?,12+,13?,14?,16?,18?,19?,20-/m1/s1. The number of hydrogen-bond acceptors (Lipinski definition) is 7. The van der Waals surface area contributed by atoms with Gasteiger partial charge in [-0.1, -0.05) is 27.7 Å². The number of hydrogen-bond donors (Lipinski definition) is 2. The SMILES string of the molecule is C[C@@H]1COC2C(O)C34C5OC(=O)[C@]3(OC3OCCC34[C@H](C(C)(C)C)[C@H]5O)[C@H]21. The predicted octanol–water partition coefficient (Wildman–Crippen LogP) is 0.462. The molecule has 6 aliphatic rings. The molecule has 0 amide bonds. The summed E-state index contributed by atoms with van der Waals surface area (Å²) in [5.74, 6) is -0.916. The van der Waals surface area contributed by atoms with Crippen LogP contribution < -0.4 is 0 Å². The summed E-state index contributed by atoms with van der Waals surface area (Å²) in [5, 5.41) is 23.1. The van der Waals surface area contributed by atoms with Crippen LogP contribution in [0.25, 0.3) is 0 Å². The maximum atomic E-state index is 13.3. The molecule has 2 saturated carbocycles. The smallest absolute Gasteiger partial charge is 0.340 e. The van der Waals surface area contributed by atoms with E-state index < -0.39 is 53.1 Å². The predicted molar refractivity (Wildman–Crippen MR) is 90.3 cm³/mol. The van der Waals surface area contributed by atoms with E-state index in [0.29, 0.717) is 19.6 Å². The first-order valence-corrected chi connectivity index (χ1v) is 10.1. The molecule has 0 aromatic rings. The van der Waals surface area contributed by atoms with Gasteiger partial charge in [0.15, 0.2) is 11.9 Å². The molecule has 0 bridgehead atoms. The summed E-state index contributed by atoms with van der Waals surface area (Å²) < 4.78 is 24.4. The monoisotopic (exact) mass is 380 g/mol. The third-order valence-electron chi connectivity index (χ3n) is 8.77. The van der Waals surface area contributed by atoms with Crippen molar-refractivity contribution in [2.24, 2.45) is 34.0 Å². The number of aliphatic hydroxyl groups excluding tert-OH is 2. The molecule has 6 unspecified atom stereocenters. The Bertz CT molecular complexity index is 732. The lowest BCUT2D eigenvalue weighted by Crippen LogP contribution is -2.59. The van der Waals surface area contributed by atoms with Crippen LogP contribution in [0.2, 0.25) is 0 Å². The highest BCUT2D eigenvalue weighted by molar-refractivity contribution is 5.87. The van der Waals surface area contributed by atoms with Crippen LogP contribution in [-0.2, 0) is 23.7 Å². The van der Waals surface area contributed by atoms with Crippen LogP contribution in [0.1, 0.15) is 34.1 Å². The molecule has 0 aromatic heterocycles. The largest absolute Gasteiger partial charge is 0.457 e. The molecule has 0 radical (unpaired) electrons. The number of aliphatic hydroxyl groups is 2. The molecule has 11 atom stereocenters. The minimum atomic E-state index is -1.30. The first kappa shape index (κ1) is 17.2. The van der Waals surface area contributed by atoms with Crippen molar-refractivity contribution in [2.45, 2.75) is 70.4 Å². The molecule has 4 saturated heterocycles. The highest BCUT2D eigenvalue weighted by Gasteiger charge is 2.98. The fourth-order valence-electron chi connectivity index (χ4n) is 8.53. The van der Waals surface area contributed by atoms with Gasteiger partial charge in [-0.15, -0.1) is 0 Å². The van der Waals surface area contributed by atoms with E-state index in [2.05, 4.69) is 20.8 Å². The zero-order valence-electron chi connectivity index (χ0n) is 16.2. The number of fused-ring (bicyclic) bond motifs is 1. The lowest BCUT2D eigenvalue weighted by atomic mass is 9.52. The molecule has 150 valence electrons. The third-order valence-corrected chi connectivity index (χ3v) is 8.77. The Balaban J connectivity index is 1.68. The summed E-state index contributed by atoms with van der Waals surface area (Å²) in [6, 6.07) is 0. The maximum absolute atomic E-state index is 13.3. The summed E-state index contributed by atoms with van der Waals surface area (Å²) in [6.45, 7) is 9.27. The van der Waals surface area contributed by atoms with Crippen molar-refractivity contribution < 1.29 is 34.0 Å². The fraction of sp³-hybridized carbons (Fsp3) is 0.950. The topological polar surface area (TPSA) is 94.5 Å². The number of rotatable bonds is 0. The zero-order valence-corrected chi connectivity index (χ0v) is 16.2. The first-order chi connectivity index (χ1) is 12.7. The molecule has 2 aliphatic carbocycles. The minimum absolute atomic E-state index is 0.0528. The van der Waals surface area contributed by atoms with E-state index in [4.69, 9.17) is 18.9 Å². The Morgan fingerprint density at radius 3 is 2.63 bits per heavy atom. The Hall–Kier alpha value is -0.730. The number of esters is 1. The second-order valence-electron chi connectivity index (χ2n) is 10.6. The third kappa shape index (κ3) is 1.36. The van der Waals surface area contributed by atoms with Gasteiger partial charge in [-0.05, 0) is 17.8 Å². The van der Waals surface area contributed by atoms with E-state index in [1.165, 1.54) is 0 Å². The van der Waals surface area contributed by atoms with Gasteiger partial charge in [-0.2, -0.15) is 0 Å². The second-order valence-corrected chi connectivity index (χ2v) is 10.6. The van der Waals surface area contributed by atoms with Crippen LogP contribution in [0, 0.1) is 34.0 Å². The fourth-order valence-corrected chi connectivity index (χ4v) is 8.53. The molecule has 6 fully saturated rings. The van der Waals surface area contributed by atoms with Crippen molar-refractivity contribution in [3.8, 4) is 0 Å². The highest BCUT2D eigenvalue weighted by atomic mass is 16.7. The van der Waals surface area contributed by atoms with Gasteiger partial charge in [-0.3, -0.25) is 0 Å². The van der Waals surface area contributed by atoms with Crippen molar-refractivity contribution in [3.63, 3.8) is 0 Å². The minimum Gasteiger partial charge on any atom is -0.457 e. The van der Waals surface area contributed by atoms with Crippen molar-refractivity contribution in [3.05, 3.63) is 0 Å². The lowest BCUT2D eigenvalue weighted by Gasteiger charge is -2.47. The molecule has 7 heteroatoms. The van der Waals surface area contributed by atoms with E-state index in [1.807, 2.05) is 6.92 Å². The van der Waals surface area contributed by atoms with E-state index in [9.17, 15) is 15.0 Å². The molecular weight excluding hydrogens is 352 g/mol. The molecule has 2 N–H and O–H groups in total. The molecule has 7 nitrogen and oxygen atoms in total. The van der Waals surface area contributed by atoms with Crippen LogP contribution in [0.3, 0.4) is 0 Å². The second kappa shape index (κ2) is 4.54. The van der Waals surface area contributed by atoms with Crippen molar-refractivity contribution in [1.82, 2.24) is 0 Å². The number of ether oxygens (including phenoxy) is 4. The normalized spacial score (nSPS) is 63.1. The molecule has 4 heterocycles. The Morgan fingerprint density at radius 2 is 1.93 bits per heavy atom. The Kier molecular flexibility index (Phi) is 2.88. The van der Waals surface area contributed by atoms with Crippen molar-refractivity contribution in [1.29, 1.82) is 0 Å². The van der Waals surface area contributed by atoms with Crippen LogP contribution in [0.5, 0.6) is 0 Å². The van der Waals surface area contributed by atoms with Gasteiger partial charge in [0.05, 0.1) is 36.9 Å². The van der Waals surface area contributed by atoms with Crippen molar-refractivity contribution >= 4 is 5.97 Å². The Labute approximate surface area is 158 Å². The first-order valence-electron chi connectivity index (χ1n) is 10.1. The molecule has 0 aromatic carbocycles. The van der Waals surface area contributed by atoms with Gasteiger partial charge >= 0.3 is 5.97 Å². The van der Waals surface area contributed by atoms with Gasteiger partial charge in [0.1, 0.15) is 6.10 Å². The van der Waals surface area contributed by atoms with Crippen LogP contribution in [-0.4, -0.2) is 65.7 Å². The number of carbonyl (C=O) groups excluding carboxylic acids is 1. The summed E-state index contributed by atoms with van der Waals surface area (Å²) in [4.78, 5) is 13.3. The van der Waals surface area contributed by atoms with E-state index >= 15 is 0 Å². The van der Waals surface area contributed by atoms with Gasteiger partial charge in [-0.25, -0.2) is 4.79 Å². The summed E-state index contributed by atoms with van der Waals surface area (Å²) >= 11 is 0. The molecule has 4 aliphatic heterocycles. The van der Waals surface area contributed by atoms with Crippen LogP contribution in [0.4, 0.5) is 0 Å². The average Bonchev–Trinajstić information content (AvgIpc) is 3.30. The summed E-state index contributed by atoms with van der Waals surface area (Å²) in [7, 11) is 0. The van der Waals surface area contributed by atoms with Gasteiger partial charge in [0.2, 0.25) is 0 Å². The lowest BCUT2D eigenvalue weighted by molar-refractivity contribution is -0.205. The Morgan fingerprint density at radius 1 is 1.19 bits per heavy atom. The van der Waals surface area contributed by atoms with Gasteiger partial charge in [0.25, 0.3) is 0 Å². The molecule has 27 heavy (non-hydrogen) atoms. The maximum Gasteiger partial charge on any atom is 0.340 e. The average molecular weight is 380 g/mol. The molecule has 6 rings (SSSR count). The quantitative estimate of drug-likeness (QED) is 0.590. The van der Waals surface area contributed by atoms with Crippen LogP contribution >= 0.6 is 0 Å². The van der Waals surface area contributed by atoms with Gasteiger partial charge in [0, 0.05) is 17.3 Å². The van der Waals surface area contributed by atoms with Crippen LogP contribution in [0.15, 0.2) is 0 Å². The van der Waals surface area contributed by atoms with E-state index in [0.717, 1.165) is 0 Å². The summed E-state index contributed by atoms with van der Waals surface area (Å²) in [5.41, 5.74) is -3.28. The summed E-state index contributed by atoms with van der Waals surface area (Å²) in [6.07, 6.45) is -3.05. The number of carbonyl (C=O) groups is 1. The van der Waals surface area contributed by atoms with Gasteiger partial charge < -0.3 is 29.2 Å². The zero-order chi connectivity index (χ0) is 19.1. The van der Waals surface area contributed by atoms with E-state index in [1.54, 1.807) is 0 Å². The molecule has 2 spiro atoms.